The molecule has 118 valence electrons. The number of nitrogens with two attached hydrogens (primary N) is 1. The van der Waals surface area contributed by atoms with Gasteiger partial charge in [0.05, 0.1) is 11.4 Å². The van der Waals surface area contributed by atoms with Crippen LogP contribution in [0.5, 0.6) is 0 Å². The lowest BCUT2D eigenvalue weighted by molar-refractivity contribution is -0.117. The van der Waals surface area contributed by atoms with Crippen LogP contribution in [0.15, 0.2) is 18.2 Å². The highest BCUT2D eigenvalue weighted by Gasteiger charge is 2.16. The van der Waals surface area contributed by atoms with E-state index >= 15 is 0 Å². The van der Waals surface area contributed by atoms with Crippen molar-refractivity contribution in [1.29, 1.82) is 0 Å². The largest absolute Gasteiger partial charge is 0.376 e. The molecular weight excluding hydrogens is 286 g/mol. The molecule has 0 spiro atoms. The number of halogens is 1. The molecule has 1 amide bonds. The molecule has 0 saturated heterocycles. The number of anilines is 2. The average molecular weight is 312 g/mol. The van der Waals surface area contributed by atoms with Crippen LogP contribution < -0.4 is 16.0 Å². The van der Waals surface area contributed by atoms with Gasteiger partial charge in [-0.3, -0.25) is 4.79 Å². The molecule has 1 aromatic rings. The average Bonchev–Trinajstić information content (AvgIpc) is 2.36. The summed E-state index contributed by atoms with van der Waals surface area (Å²) in [7, 11) is 3.86. The Balaban J connectivity index is 2.76. The van der Waals surface area contributed by atoms with Crippen molar-refractivity contribution >= 4 is 28.9 Å². The molecule has 4 nitrogen and oxygen atoms in total. The minimum Gasteiger partial charge on any atom is -0.376 e. The first kappa shape index (κ1) is 17.8. The second-order valence-electron chi connectivity index (χ2n) is 6.04. The van der Waals surface area contributed by atoms with Crippen LogP contribution in [0.1, 0.15) is 26.7 Å². The van der Waals surface area contributed by atoms with Crippen LogP contribution in [-0.2, 0) is 4.79 Å². The van der Waals surface area contributed by atoms with Crippen molar-refractivity contribution in [3.8, 4) is 0 Å². The van der Waals surface area contributed by atoms with Crippen LogP contribution in [0, 0.1) is 11.8 Å². The summed E-state index contributed by atoms with van der Waals surface area (Å²) in [6.45, 7) is 4.81. The zero-order valence-corrected chi connectivity index (χ0v) is 14.1. The molecule has 0 aliphatic heterocycles. The molecule has 5 heteroatoms. The topological polar surface area (TPSA) is 58.4 Å². The normalized spacial score (nSPS) is 12.3. The maximum Gasteiger partial charge on any atom is 0.224 e. The highest BCUT2D eigenvalue weighted by Crippen LogP contribution is 2.28. The van der Waals surface area contributed by atoms with E-state index < -0.39 is 0 Å². The van der Waals surface area contributed by atoms with E-state index in [0.29, 0.717) is 23.9 Å². The summed E-state index contributed by atoms with van der Waals surface area (Å²) in [4.78, 5) is 14.2. The number of rotatable bonds is 7. The fraction of sp³-hybridized carbons (Fsp3) is 0.562. The lowest BCUT2D eigenvalue weighted by atomic mass is 9.94. The first-order valence-corrected chi connectivity index (χ1v) is 7.68. The zero-order chi connectivity index (χ0) is 16.0. The van der Waals surface area contributed by atoms with Gasteiger partial charge in [0.2, 0.25) is 5.91 Å². The van der Waals surface area contributed by atoms with E-state index in [9.17, 15) is 4.79 Å². The fourth-order valence-electron chi connectivity index (χ4n) is 2.39. The Morgan fingerprint density at radius 3 is 2.57 bits per heavy atom. The van der Waals surface area contributed by atoms with Crippen molar-refractivity contribution in [3.05, 3.63) is 23.2 Å². The van der Waals surface area contributed by atoms with Crippen molar-refractivity contribution in [1.82, 2.24) is 0 Å². The molecule has 0 fully saturated rings. The predicted octanol–water partition coefficient (Wildman–Crippen LogP) is 3.36. The van der Waals surface area contributed by atoms with Crippen LogP contribution in [0.25, 0.3) is 0 Å². The molecule has 1 rings (SSSR count). The van der Waals surface area contributed by atoms with Gasteiger partial charge in [-0.1, -0.05) is 25.4 Å². The van der Waals surface area contributed by atoms with E-state index in [4.69, 9.17) is 17.3 Å². The van der Waals surface area contributed by atoms with E-state index in [1.54, 1.807) is 6.07 Å². The van der Waals surface area contributed by atoms with Gasteiger partial charge >= 0.3 is 0 Å². The third-order valence-corrected chi connectivity index (χ3v) is 3.56. The monoisotopic (exact) mass is 311 g/mol. The van der Waals surface area contributed by atoms with Gasteiger partial charge in [0, 0.05) is 25.5 Å². The van der Waals surface area contributed by atoms with Gasteiger partial charge in [-0.15, -0.1) is 0 Å². The number of nitrogens with zero attached hydrogens (tertiary/aromatic N) is 1. The second-order valence-corrected chi connectivity index (χ2v) is 6.48. The number of carbonyl (C=O) groups excluding carboxylic acids is 1. The minimum atomic E-state index is -0.0172. The first-order valence-electron chi connectivity index (χ1n) is 7.30. The van der Waals surface area contributed by atoms with Gasteiger partial charge in [0.1, 0.15) is 0 Å². The molecule has 1 aromatic carbocycles. The van der Waals surface area contributed by atoms with Crippen LogP contribution in [0.3, 0.4) is 0 Å². The van der Waals surface area contributed by atoms with Gasteiger partial charge in [-0.2, -0.15) is 0 Å². The molecular formula is C16H26ClN3O. The Labute approximate surface area is 132 Å². The number of amides is 1. The molecule has 0 saturated carbocycles. The lowest BCUT2D eigenvalue weighted by Crippen LogP contribution is -2.24. The molecule has 0 unspecified atom stereocenters. The summed E-state index contributed by atoms with van der Waals surface area (Å²) in [5, 5.41) is 3.56. The molecule has 0 aliphatic rings. The van der Waals surface area contributed by atoms with E-state index in [1.807, 2.05) is 31.1 Å². The molecule has 21 heavy (non-hydrogen) atoms. The van der Waals surface area contributed by atoms with Gasteiger partial charge in [-0.05, 0) is 43.0 Å². The van der Waals surface area contributed by atoms with E-state index in [0.717, 1.165) is 17.8 Å². The van der Waals surface area contributed by atoms with Crippen molar-refractivity contribution in [2.75, 3.05) is 30.9 Å². The number of benzene rings is 1. The highest BCUT2D eigenvalue weighted by atomic mass is 35.5. The third-order valence-electron chi connectivity index (χ3n) is 3.33. The van der Waals surface area contributed by atoms with Gasteiger partial charge < -0.3 is 16.0 Å². The maximum atomic E-state index is 12.2. The van der Waals surface area contributed by atoms with Gasteiger partial charge in [0.15, 0.2) is 0 Å². The second kappa shape index (κ2) is 8.25. The summed E-state index contributed by atoms with van der Waals surface area (Å²) < 4.78 is 0. The predicted molar refractivity (Wildman–Crippen MR) is 91.0 cm³/mol. The summed E-state index contributed by atoms with van der Waals surface area (Å²) in [6.07, 6.45) is 1.40. The van der Waals surface area contributed by atoms with E-state index in [-0.39, 0.29) is 11.8 Å². The summed E-state index contributed by atoms with van der Waals surface area (Å²) >= 11 is 6.02. The molecule has 0 bridgehead atoms. The molecule has 1 atom stereocenters. The van der Waals surface area contributed by atoms with Crippen molar-refractivity contribution < 1.29 is 4.79 Å². The molecule has 0 radical (unpaired) electrons. The number of hydrogen-bond acceptors (Lipinski definition) is 3. The van der Waals surface area contributed by atoms with Crippen molar-refractivity contribution in [3.63, 3.8) is 0 Å². The smallest absolute Gasteiger partial charge is 0.224 e. The molecule has 3 N–H and O–H groups in total. The number of hydrogen-bond donors (Lipinski definition) is 2. The zero-order valence-electron chi connectivity index (χ0n) is 13.3. The highest BCUT2D eigenvalue weighted by molar-refractivity contribution is 6.31. The quantitative estimate of drug-likeness (QED) is 0.812. The Bertz CT molecular complexity index is 475. The maximum absolute atomic E-state index is 12.2. The Kier molecular flexibility index (Phi) is 6.99. The first-order chi connectivity index (χ1) is 9.83. The minimum absolute atomic E-state index is 0.0172. The van der Waals surface area contributed by atoms with Crippen LogP contribution in [0.4, 0.5) is 11.4 Å². The third kappa shape index (κ3) is 5.94. The summed E-state index contributed by atoms with van der Waals surface area (Å²) in [6, 6.07) is 5.48. The van der Waals surface area contributed by atoms with Crippen LogP contribution in [0.2, 0.25) is 5.02 Å². The van der Waals surface area contributed by atoms with Crippen molar-refractivity contribution in [2.24, 2.45) is 17.6 Å². The van der Waals surface area contributed by atoms with Crippen molar-refractivity contribution in [2.45, 2.75) is 26.7 Å². The van der Waals surface area contributed by atoms with E-state index in [1.165, 1.54) is 0 Å². The Morgan fingerprint density at radius 1 is 1.38 bits per heavy atom. The number of nitrogens with one attached hydrogen (secondary N) is 1. The molecule has 0 aliphatic carbocycles. The van der Waals surface area contributed by atoms with E-state index in [2.05, 4.69) is 19.2 Å². The van der Waals surface area contributed by atoms with Crippen LogP contribution >= 0.6 is 11.6 Å². The Hall–Kier alpha value is -1.26. The molecule has 0 aromatic heterocycles. The Morgan fingerprint density at radius 2 is 2.05 bits per heavy atom. The summed E-state index contributed by atoms with van der Waals surface area (Å²) in [5.41, 5.74) is 7.42. The molecule has 0 heterocycles. The fourth-order valence-corrected chi connectivity index (χ4v) is 2.56. The SMILES string of the molecule is CC(C)C[C@H](CN)CC(=O)Nc1cc(Cl)ccc1N(C)C. The standard InChI is InChI=1S/C16H26ClN3O/c1-11(2)7-12(10-18)8-16(21)19-14-9-13(17)5-6-15(14)20(3)4/h5-6,9,11-12H,7-8,10,18H2,1-4H3,(H,19,21)/t12-/m0/s1. The number of carbonyl (C=O) groups is 1. The lowest BCUT2D eigenvalue weighted by Gasteiger charge is -2.20. The van der Waals surface area contributed by atoms with Gasteiger partial charge in [0.25, 0.3) is 0 Å². The van der Waals surface area contributed by atoms with Gasteiger partial charge in [-0.25, -0.2) is 0 Å². The summed E-state index contributed by atoms with van der Waals surface area (Å²) in [5.74, 6) is 0.735. The van der Waals surface area contributed by atoms with Crippen LogP contribution in [-0.4, -0.2) is 26.5 Å².